The van der Waals surface area contributed by atoms with Gasteiger partial charge in [-0.25, -0.2) is 16.8 Å². The molecule has 0 aromatic heterocycles. The fourth-order valence-electron chi connectivity index (χ4n) is 4.02. The lowest BCUT2D eigenvalue weighted by Crippen LogP contribution is -2.42. The van der Waals surface area contributed by atoms with E-state index in [0.29, 0.717) is 42.8 Å². The van der Waals surface area contributed by atoms with Crippen molar-refractivity contribution in [3.05, 3.63) is 83.4 Å². The minimum Gasteiger partial charge on any atom is -0.492 e. The standard InChI is InChI=1S/C27H30ClN3O7S2/c1-21-3-2-4-23(19-21)31(40(35,36)26-9-5-22(28)6-10-26)20-27(32)29-13-16-38-24-7-11-25(12-8-24)39(33,34)30-14-17-37-18-15-30/h2-12,19H,13-18,20H2,1H3,(H,29,32). The van der Waals surface area contributed by atoms with Crippen LogP contribution in [0.1, 0.15) is 5.56 Å². The number of nitrogens with zero attached hydrogens (tertiary/aromatic N) is 2. The van der Waals surface area contributed by atoms with Crippen molar-refractivity contribution < 1.29 is 31.1 Å². The second-order valence-corrected chi connectivity index (χ2v) is 13.2. The minimum absolute atomic E-state index is 0.00798. The number of sulfonamides is 2. The first-order valence-electron chi connectivity index (χ1n) is 12.5. The second kappa shape index (κ2) is 13.0. The van der Waals surface area contributed by atoms with Gasteiger partial charge in [0.2, 0.25) is 15.9 Å². The van der Waals surface area contributed by atoms with Crippen molar-refractivity contribution >= 4 is 43.2 Å². The van der Waals surface area contributed by atoms with Gasteiger partial charge in [-0.1, -0.05) is 23.7 Å². The van der Waals surface area contributed by atoms with Crippen LogP contribution in [0.4, 0.5) is 5.69 Å². The van der Waals surface area contributed by atoms with Crippen molar-refractivity contribution in [2.45, 2.75) is 16.7 Å². The SMILES string of the molecule is Cc1cccc(N(CC(=O)NCCOc2ccc(S(=O)(=O)N3CCOCC3)cc2)S(=O)(=O)c2ccc(Cl)cc2)c1. The number of carbonyl (C=O) groups is 1. The third kappa shape index (κ3) is 7.32. The summed E-state index contributed by atoms with van der Waals surface area (Å²) in [7, 11) is -7.66. The summed E-state index contributed by atoms with van der Waals surface area (Å²) in [6.07, 6.45) is 0. The van der Waals surface area contributed by atoms with Crippen LogP contribution < -0.4 is 14.4 Å². The molecule has 0 radical (unpaired) electrons. The number of hydrogen-bond acceptors (Lipinski definition) is 7. The Morgan fingerprint density at radius 3 is 2.27 bits per heavy atom. The van der Waals surface area contributed by atoms with E-state index in [1.807, 2.05) is 13.0 Å². The molecule has 13 heteroatoms. The number of hydrogen-bond donors (Lipinski definition) is 1. The van der Waals surface area contributed by atoms with Crippen molar-refractivity contribution in [3.8, 4) is 5.75 Å². The molecule has 0 spiro atoms. The van der Waals surface area contributed by atoms with Crippen LogP contribution in [0.3, 0.4) is 0 Å². The van der Waals surface area contributed by atoms with Crippen molar-refractivity contribution in [2.24, 2.45) is 0 Å². The smallest absolute Gasteiger partial charge is 0.264 e. The highest BCUT2D eigenvalue weighted by Gasteiger charge is 2.28. The van der Waals surface area contributed by atoms with Crippen LogP contribution in [0.2, 0.25) is 5.02 Å². The fourth-order valence-corrected chi connectivity index (χ4v) is 6.97. The lowest BCUT2D eigenvalue weighted by atomic mass is 10.2. The van der Waals surface area contributed by atoms with Gasteiger partial charge in [0.15, 0.2) is 0 Å². The molecule has 4 rings (SSSR count). The number of nitrogens with one attached hydrogen (secondary N) is 1. The maximum atomic E-state index is 13.4. The van der Waals surface area contributed by atoms with Crippen LogP contribution >= 0.6 is 11.6 Å². The quantitative estimate of drug-likeness (QED) is 0.332. The normalized spacial score (nSPS) is 14.4. The molecule has 1 aliphatic rings. The molecule has 10 nitrogen and oxygen atoms in total. The number of halogens is 1. The summed E-state index contributed by atoms with van der Waals surface area (Å²) >= 11 is 5.92. The van der Waals surface area contributed by atoms with E-state index >= 15 is 0 Å². The number of carbonyl (C=O) groups excluding carboxylic acids is 1. The zero-order valence-electron chi connectivity index (χ0n) is 21.8. The zero-order chi connectivity index (χ0) is 28.8. The highest BCUT2D eigenvalue weighted by Crippen LogP contribution is 2.25. The highest BCUT2D eigenvalue weighted by molar-refractivity contribution is 7.92. The number of anilines is 1. The first-order chi connectivity index (χ1) is 19.1. The Balaban J connectivity index is 1.35. The molecule has 3 aromatic rings. The van der Waals surface area contributed by atoms with Crippen LogP contribution in [-0.4, -0.2) is 73.0 Å². The van der Waals surface area contributed by atoms with Crippen LogP contribution in [0.15, 0.2) is 82.6 Å². The molecule has 40 heavy (non-hydrogen) atoms. The van der Waals surface area contributed by atoms with E-state index in [0.717, 1.165) is 9.87 Å². The Bertz CT molecular complexity index is 1530. The number of morpholine rings is 1. The van der Waals surface area contributed by atoms with Crippen LogP contribution in [-0.2, 0) is 29.6 Å². The molecule has 0 bridgehead atoms. The van der Waals surface area contributed by atoms with Crippen molar-refractivity contribution in [2.75, 3.05) is 50.3 Å². The average molecular weight is 608 g/mol. The van der Waals surface area contributed by atoms with E-state index in [-0.39, 0.29) is 22.9 Å². The van der Waals surface area contributed by atoms with E-state index in [1.165, 1.54) is 40.7 Å². The molecule has 1 aliphatic heterocycles. The fraction of sp³-hybridized carbons (Fsp3) is 0.296. The molecule has 1 N–H and O–H groups in total. The van der Waals surface area contributed by atoms with Gasteiger partial charge in [0.25, 0.3) is 10.0 Å². The van der Waals surface area contributed by atoms with Gasteiger partial charge in [0.1, 0.15) is 18.9 Å². The highest BCUT2D eigenvalue weighted by atomic mass is 35.5. The van der Waals surface area contributed by atoms with Crippen molar-refractivity contribution in [1.82, 2.24) is 9.62 Å². The van der Waals surface area contributed by atoms with E-state index in [1.54, 1.807) is 30.3 Å². The Hall–Kier alpha value is -3.16. The van der Waals surface area contributed by atoms with E-state index in [2.05, 4.69) is 5.32 Å². The van der Waals surface area contributed by atoms with E-state index in [9.17, 15) is 21.6 Å². The van der Waals surface area contributed by atoms with Gasteiger partial charge >= 0.3 is 0 Å². The summed E-state index contributed by atoms with van der Waals surface area (Å²) in [6.45, 7) is 2.93. The number of rotatable bonds is 11. The van der Waals surface area contributed by atoms with Gasteiger partial charge in [-0.3, -0.25) is 9.10 Å². The topological polar surface area (TPSA) is 122 Å². The maximum Gasteiger partial charge on any atom is 0.264 e. The molecule has 1 fully saturated rings. The first-order valence-corrected chi connectivity index (χ1v) is 15.8. The number of benzene rings is 3. The van der Waals surface area contributed by atoms with Gasteiger partial charge in [0.05, 0.1) is 35.2 Å². The zero-order valence-corrected chi connectivity index (χ0v) is 24.2. The molecule has 0 aliphatic carbocycles. The van der Waals surface area contributed by atoms with Gasteiger partial charge in [-0.15, -0.1) is 0 Å². The van der Waals surface area contributed by atoms with Gasteiger partial charge < -0.3 is 14.8 Å². The molecular formula is C27H30ClN3O7S2. The molecular weight excluding hydrogens is 578 g/mol. The summed E-state index contributed by atoms with van der Waals surface area (Å²) in [5.41, 5.74) is 1.19. The van der Waals surface area contributed by atoms with Gasteiger partial charge in [-0.05, 0) is 73.2 Å². The molecule has 1 heterocycles. The molecule has 0 unspecified atom stereocenters. The van der Waals surface area contributed by atoms with Gasteiger partial charge in [-0.2, -0.15) is 4.31 Å². The maximum absolute atomic E-state index is 13.4. The van der Waals surface area contributed by atoms with Gasteiger partial charge in [0, 0.05) is 18.1 Å². The second-order valence-electron chi connectivity index (χ2n) is 8.99. The Labute approximate surface area is 239 Å². The number of ether oxygens (including phenoxy) is 2. The van der Waals surface area contributed by atoms with Crippen LogP contribution in [0.25, 0.3) is 0 Å². The summed E-state index contributed by atoms with van der Waals surface area (Å²) < 4.78 is 65.6. The third-order valence-electron chi connectivity index (χ3n) is 6.10. The predicted molar refractivity (Wildman–Crippen MR) is 152 cm³/mol. The average Bonchev–Trinajstić information content (AvgIpc) is 2.95. The van der Waals surface area contributed by atoms with Crippen molar-refractivity contribution in [1.29, 1.82) is 0 Å². The molecule has 0 atom stereocenters. The van der Waals surface area contributed by atoms with Crippen LogP contribution in [0, 0.1) is 6.92 Å². The summed E-state index contributed by atoms with van der Waals surface area (Å²) in [5.74, 6) is -0.0866. The third-order valence-corrected chi connectivity index (χ3v) is 10.1. The summed E-state index contributed by atoms with van der Waals surface area (Å²) in [4.78, 5) is 13.0. The number of aryl methyl sites for hydroxylation is 1. The summed E-state index contributed by atoms with van der Waals surface area (Å²) in [5, 5.41) is 3.07. The minimum atomic E-state index is -4.06. The van der Waals surface area contributed by atoms with E-state index < -0.39 is 32.5 Å². The molecule has 1 saturated heterocycles. The molecule has 0 saturated carbocycles. The largest absolute Gasteiger partial charge is 0.492 e. The summed E-state index contributed by atoms with van der Waals surface area (Å²) in [6, 6.07) is 18.6. The lowest BCUT2D eigenvalue weighted by Gasteiger charge is -2.26. The Morgan fingerprint density at radius 1 is 0.975 bits per heavy atom. The van der Waals surface area contributed by atoms with Crippen LogP contribution in [0.5, 0.6) is 5.75 Å². The van der Waals surface area contributed by atoms with Crippen molar-refractivity contribution in [3.63, 3.8) is 0 Å². The first kappa shape index (κ1) is 29.8. The Morgan fingerprint density at radius 2 is 1.62 bits per heavy atom. The monoisotopic (exact) mass is 607 g/mol. The lowest BCUT2D eigenvalue weighted by molar-refractivity contribution is -0.119. The number of amides is 1. The Kier molecular flexibility index (Phi) is 9.69. The molecule has 3 aromatic carbocycles. The predicted octanol–water partition coefficient (Wildman–Crippen LogP) is 3.06. The molecule has 214 valence electrons. The van der Waals surface area contributed by atoms with E-state index in [4.69, 9.17) is 21.1 Å². The molecule has 1 amide bonds.